The van der Waals surface area contributed by atoms with Crippen molar-refractivity contribution in [3.63, 3.8) is 0 Å². The van der Waals surface area contributed by atoms with Crippen LogP contribution in [0.25, 0.3) is 11.1 Å². The zero-order chi connectivity index (χ0) is 24.8. The lowest BCUT2D eigenvalue weighted by atomic mass is 9.86. The Labute approximate surface area is 211 Å². The second-order valence-electron chi connectivity index (χ2n) is 8.47. The van der Waals surface area contributed by atoms with Gasteiger partial charge < -0.3 is 0 Å². The van der Waals surface area contributed by atoms with E-state index in [-0.39, 0.29) is 10.8 Å². The van der Waals surface area contributed by atoms with Crippen LogP contribution in [0.15, 0.2) is 108 Å². The number of nitrogens with zero attached hydrogens (tertiary/aromatic N) is 1. The molecule has 0 radical (unpaired) electrons. The third-order valence-corrected chi connectivity index (χ3v) is 7.86. The van der Waals surface area contributed by atoms with Crippen LogP contribution in [-0.4, -0.2) is 14.5 Å². The van der Waals surface area contributed by atoms with Gasteiger partial charge in [-0.25, -0.2) is 13.1 Å². The molecule has 4 nitrogen and oxygen atoms in total. The fraction of sp³-hybridized carbons (Fsp3) is 0.138. The maximum atomic E-state index is 13.3. The van der Waals surface area contributed by atoms with Crippen LogP contribution in [0.1, 0.15) is 29.5 Å². The summed E-state index contributed by atoms with van der Waals surface area (Å²) in [5.74, 6) is -0.192. The number of nitriles is 1. The molecule has 6 heteroatoms. The van der Waals surface area contributed by atoms with E-state index in [0.29, 0.717) is 17.0 Å². The van der Waals surface area contributed by atoms with Crippen LogP contribution in [0.3, 0.4) is 0 Å². The highest BCUT2D eigenvalue weighted by Gasteiger charge is 2.26. The van der Waals surface area contributed by atoms with Gasteiger partial charge in [0.1, 0.15) is 0 Å². The normalized spacial score (nSPS) is 13.1. The molecule has 1 N–H and O–H groups in total. The van der Waals surface area contributed by atoms with E-state index in [1.807, 2.05) is 91.9 Å². The molecule has 0 aromatic heterocycles. The molecule has 0 amide bonds. The largest absolute Gasteiger partial charge is 0.240 e. The minimum Gasteiger partial charge on any atom is -0.208 e. The van der Waals surface area contributed by atoms with Gasteiger partial charge in [-0.2, -0.15) is 5.26 Å². The molecular formula is C29H25ClN2O2S. The van der Waals surface area contributed by atoms with E-state index in [9.17, 15) is 13.7 Å². The molecule has 0 fully saturated rings. The van der Waals surface area contributed by atoms with E-state index in [2.05, 4.69) is 10.8 Å². The van der Waals surface area contributed by atoms with Crippen LogP contribution in [0.2, 0.25) is 5.02 Å². The van der Waals surface area contributed by atoms with Crippen LogP contribution >= 0.6 is 11.6 Å². The first-order valence-electron chi connectivity index (χ1n) is 11.3. The number of nitrogens with one attached hydrogen (secondary N) is 1. The molecule has 0 bridgehead atoms. The smallest absolute Gasteiger partial charge is 0.208 e. The van der Waals surface area contributed by atoms with Gasteiger partial charge in [0.15, 0.2) is 0 Å². The van der Waals surface area contributed by atoms with Crippen molar-refractivity contribution in [2.45, 2.75) is 30.2 Å². The highest BCUT2D eigenvalue weighted by atomic mass is 35.5. The number of halogens is 1. The summed E-state index contributed by atoms with van der Waals surface area (Å²) in [6, 6.07) is 33.3. The molecule has 0 aliphatic rings. The molecule has 0 spiro atoms. The van der Waals surface area contributed by atoms with Crippen molar-refractivity contribution in [2.75, 3.05) is 0 Å². The van der Waals surface area contributed by atoms with E-state index in [1.165, 1.54) is 0 Å². The third-order valence-electron chi connectivity index (χ3n) is 6.03. The highest BCUT2D eigenvalue weighted by molar-refractivity contribution is 7.89. The molecule has 0 saturated heterocycles. The van der Waals surface area contributed by atoms with Crippen LogP contribution in [-0.2, 0) is 16.4 Å². The molecule has 0 aliphatic heterocycles. The maximum absolute atomic E-state index is 13.3. The van der Waals surface area contributed by atoms with Crippen molar-refractivity contribution in [3.8, 4) is 17.2 Å². The van der Waals surface area contributed by atoms with Crippen molar-refractivity contribution in [1.29, 1.82) is 5.26 Å². The van der Waals surface area contributed by atoms with Gasteiger partial charge in [0.05, 0.1) is 16.5 Å². The van der Waals surface area contributed by atoms with Gasteiger partial charge in [0.2, 0.25) is 10.0 Å². The van der Waals surface area contributed by atoms with Gasteiger partial charge in [-0.05, 0) is 72.0 Å². The summed E-state index contributed by atoms with van der Waals surface area (Å²) in [5.41, 5.74) is 4.44. The molecular weight excluding hydrogens is 476 g/mol. The molecule has 0 unspecified atom stereocenters. The summed E-state index contributed by atoms with van der Waals surface area (Å²) in [4.78, 5) is 0.208. The van der Waals surface area contributed by atoms with Gasteiger partial charge in [0.25, 0.3) is 0 Å². The summed E-state index contributed by atoms with van der Waals surface area (Å²) in [5, 5.41) is 10.0. The monoisotopic (exact) mass is 500 g/mol. The lowest BCUT2D eigenvalue weighted by molar-refractivity contribution is 0.503. The molecule has 4 aromatic carbocycles. The van der Waals surface area contributed by atoms with Crippen LogP contribution in [0.4, 0.5) is 0 Å². The lowest BCUT2D eigenvalue weighted by Gasteiger charge is -2.26. The Balaban J connectivity index is 1.60. The second-order valence-corrected chi connectivity index (χ2v) is 10.6. The van der Waals surface area contributed by atoms with Crippen LogP contribution in [0.5, 0.6) is 0 Å². The Hall–Kier alpha value is -3.43. The maximum Gasteiger partial charge on any atom is 0.240 e. The van der Waals surface area contributed by atoms with Crippen LogP contribution in [0, 0.1) is 11.3 Å². The summed E-state index contributed by atoms with van der Waals surface area (Å²) in [6.45, 7) is 1.86. The topological polar surface area (TPSA) is 70.0 Å². The van der Waals surface area contributed by atoms with Gasteiger partial charge in [-0.15, -0.1) is 0 Å². The number of rotatable bonds is 8. The molecule has 4 aromatic rings. The summed E-state index contributed by atoms with van der Waals surface area (Å²) in [7, 11) is -3.76. The van der Waals surface area contributed by atoms with Gasteiger partial charge >= 0.3 is 0 Å². The van der Waals surface area contributed by atoms with Crippen LogP contribution < -0.4 is 4.72 Å². The van der Waals surface area contributed by atoms with Gasteiger partial charge in [0, 0.05) is 17.0 Å². The highest BCUT2D eigenvalue weighted by Crippen LogP contribution is 2.28. The van der Waals surface area contributed by atoms with Crippen molar-refractivity contribution in [1.82, 2.24) is 4.72 Å². The predicted molar refractivity (Wildman–Crippen MR) is 141 cm³/mol. The second kappa shape index (κ2) is 10.9. The Kier molecular flexibility index (Phi) is 7.67. The molecule has 0 heterocycles. The fourth-order valence-corrected chi connectivity index (χ4v) is 5.56. The van der Waals surface area contributed by atoms with Crippen molar-refractivity contribution < 1.29 is 8.42 Å². The number of sulfonamides is 1. The van der Waals surface area contributed by atoms with E-state index in [0.717, 1.165) is 22.3 Å². The Morgan fingerprint density at radius 2 is 1.51 bits per heavy atom. The lowest BCUT2D eigenvalue weighted by Crippen LogP contribution is -2.37. The van der Waals surface area contributed by atoms with E-state index in [1.54, 1.807) is 18.2 Å². The van der Waals surface area contributed by atoms with Gasteiger partial charge in [-0.1, -0.05) is 78.3 Å². The average molecular weight is 501 g/mol. The van der Waals surface area contributed by atoms with Crippen molar-refractivity contribution in [3.05, 3.63) is 125 Å². The standard InChI is InChI=1S/C29H25ClN2O2S/c1-21(32-35(33,34)28-16-12-25(13-17-28)24-7-3-2-4-8-24)29(19-22-10-14-27(30)15-11-22)26-9-5-6-23(18-26)20-31/h2-18,21,29,32H,19H2,1H3/t21-,29+/m0/s1. The first-order chi connectivity index (χ1) is 16.9. The SMILES string of the molecule is C[C@H](NS(=O)(=O)c1ccc(-c2ccccc2)cc1)[C@@H](Cc1ccc(Cl)cc1)c1cccc(C#N)c1. The van der Waals surface area contributed by atoms with E-state index < -0.39 is 16.1 Å². The minimum absolute atomic E-state index is 0.192. The first-order valence-corrected chi connectivity index (χ1v) is 13.1. The Bertz CT molecular complexity index is 1430. The fourth-order valence-electron chi connectivity index (χ4n) is 4.15. The van der Waals surface area contributed by atoms with Crippen molar-refractivity contribution in [2.24, 2.45) is 0 Å². The third kappa shape index (κ3) is 6.17. The van der Waals surface area contributed by atoms with Gasteiger partial charge in [-0.3, -0.25) is 0 Å². The quantitative estimate of drug-likeness (QED) is 0.297. The molecule has 4 rings (SSSR count). The summed E-state index contributed by atoms with van der Waals surface area (Å²) < 4.78 is 29.4. The Morgan fingerprint density at radius 3 is 2.17 bits per heavy atom. The average Bonchev–Trinajstić information content (AvgIpc) is 2.88. The molecule has 0 saturated carbocycles. The number of benzene rings is 4. The number of hydrogen-bond acceptors (Lipinski definition) is 3. The molecule has 2 atom stereocenters. The van der Waals surface area contributed by atoms with E-state index >= 15 is 0 Å². The Morgan fingerprint density at radius 1 is 0.857 bits per heavy atom. The van der Waals surface area contributed by atoms with Crippen molar-refractivity contribution >= 4 is 21.6 Å². The zero-order valence-corrected chi connectivity index (χ0v) is 20.8. The minimum atomic E-state index is -3.76. The summed E-state index contributed by atoms with van der Waals surface area (Å²) >= 11 is 6.04. The van der Waals surface area contributed by atoms with E-state index in [4.69, 9.17) is 11.6 Å². The molecule has 176 valence electrons. The zero-order valence-electron chi connectivity index (χ0n) is 19.2. The molecule has 35 heavy (non-hydrogen) atoms. The predicted octanol–water partition coefficient (Wildman–Crippen LogP) is 6.57. The first kappa shape index (κ1) is 24.7. The summed E-state index contributed by atoms with van der Waals surface area (Å²) in [6.07, 6.45) is 0.586. The molecule has 0 aliphatic carbocycles. The number of hydrogen-bond donors (Lipinski definition) is 1.